The zero-order valence-electron chi connectivity index (χ0n) is 10.2. The van der Waals surface area contributed by atoms with Gasteiger partial charge in [-0.05, 0) is 18.4 Å². The molecule has 0 radical (unpaired) electrons. The minimum atomic E-state index is -0.995. The first-order valence-corrected chi connectivity index (χ1v) is 5.01. The van der Waals surface area contributed by atoms with Gasteiger partial charge in [-0.15, -0.1) is 0 Å². The first kappa shape index (κ1) is 18.5. The van der Waals surface area contributed by atoms with Gasteiger partial charge in [0.15, 0.2) is 0 Å². The second kappa shape index (κ2) is 11.6. The number of carbonyl (C=O) groups is 2. The van der Waals surface area contributed by atoms with E-state index in [-0.39, 0.29) is 42.4 Å². The van der Waals surface area contributed by atoms with Gasteiger partial charge < -0.3 is 15.0 Å². The Labute approximate surface area is 123 Å². The maximum Gasteiger partial charge on any atom is 1.00 e. The van der Waals surface area contributed by atoms with Gasteiger partial charge in [0, 0.05) is 12.4 Å². The molecule has 1 aromatic carbocycles. The van der Waals surface area contributed by atoms with Crippen molar-refractivity contribution in [1.29, 1.82) is 0 Å². The summed E-state index contributed by atoms with van der Waals surface area (Å²) >= 11 is 0. The monoisotopic (exact) mass is 246 g/mol. The van der Waals surface area contributed by atoms with Gasteiger partial charge in [-0.3, -0.25) is 4.79 Å². The van der Waals surface area contributed by atoms with Crippen LogP contribution in [0, 0.1) is 0 Å². The number of aliphatic carboxylic acids is 2. The minimum absolute atomic E-state index is 0. The van der Waals surface area contributed by atoms with Gasteiger partial charge in [0.05, 0.1) is 0 Å². The van der Waals surface area contributed by atoms with Crippen LogP contribution in [0.4, 0.5) is 0 Å². The van der Waals surface area contributed by atoms with E-state index < -0.39 is 11.9 Å². The molecule has 1 aromatic rings. The molecule has 4 nitrogen and oxygen atoms in total. The Balaban J connectivity index is 0. The van der Waals surface area contributed by atoms with Crippen LogP contribution >= 0.6 is 0 Å². The van der Waals surface area contributed by atoms with Crippen molar-refractivity contribution < 1.29 is 49.4 Å². The summed E-state index contributed by atoms with van der Waals surface area (Å²) in [4.78, 5) is 19.4. The number of aryl methyl sites for hydroxylation is 1. The van der Waals surface area contributed by atoms with Gasteiger partial charge in [-0.2, -0.15) is 0 Å². The summed E-state index contributed by atoms with van der Waals surface area (Å²) in [5, 5.41) is 17.6. The molecule has 88 valence electrons. The Hall–Kier alpha value is -0.840. The molecule has 0 heterocycles. The van der Waals surface area contributed by atoms with Crippen molar-refractivity contribution in [2.24, 2.45) is 0 Å². The molecule has 0 bridgehead atoms. The quantitative estimate of drug-likeness (QED) is 0.615. The standard InChI is InChI=1S/C9H10O2.C3H6O2.Na/c10-9(11)7-6-8-4-2-1-3-5-8;1-2-3(4)5;/h1-5H,6-7H2,(H,10,11);2H2,1H3,(H,4,5);/q;;+1/p-1. The third kappa shape index (κ3) is 13.1. The zero-order chi connectivity index (χ0) is 12.4. The van der Waals surface area contributed by atoms with Crippen molar-refractivity contribution in [2.45, 2.75) is 26.2 Å². The summed E-state index contributed by atoms with van der Waals surface area (Å²) in [6, 6.07) is 9.62. The number of hydrogen-bond donors (Lipinski definition) is 1. The molecule has 0 unspecified atom stereocenters. The van der Waals surface area contributed by atoms with E-state index in [1.165, 1.54) is 6.92 Å². The van der Waals surface area contributed by atoms with E-state index in [1.807, 2.05) is 30.3 Å². The van der Waals surface area contributed by atoms with Crippen LogP contribution in [0.3, 0.4) is 0 Å². The molecule has 5 heteroatoms. The normalized spacial score (nSPS) is 8.29. The van der Waals surface area contributed by atoms with Crippen LogP contribution < -0.4 is 34.7 Å². The van der Waals surface area contributed by atoms with Crippen LogP contribution in [-0.4, -0.2) is 17.0 Å². The molecule has 1 N–H and O–H groups in total. The summed E-state index contributed by atoms with van der Waals surface area (Å²) in [5.74, 6) is -1.74. The van der Waals surface area contributed by atoms with Gasteiger partial charge in [0.1, 0.15) is 0 Å². The van der Waals surface area contributed by atoms with Gasteiger partial charge in [-0.25, -0.2) is 0 Å². The van der Waals surface area contributed by atoms with Crippen LogP contribution in [0.15, 0.2) is 30.3 Å². The third-order valence-corrected chi connectivity index (χ3v) is 1.76. The number of rotatable bonds is 4. The van der Waals surface area contributed by atoms with Crippen molar-refractivity contribution in [3.8, 4) is 0 Å². The first-order valence-electron chi connectivity index (χ1n) is 5.01. The van der Waals surface area contributed by atoms with E-state index in [0.717, 1.165) is 5.56 Å². The summed E-state index contributed by atoms with van der Waals surface area (Å²) in [6.45, 7) is 1.54. The van der Waals surface area contributed by atoms with Crippen molar-refractivity contribution >= 4 is 11.9 Å². The third-order valence-electron chi connectivity index (χ3n) is 1.76. The van der Waals surface area contributed by atoms with E-state index in [4.69, 9.17) is 5.11 Å². The van der Waals surface area contributed by atoms with E-state index in [0.29, 0.717) is 6.42 Å². The molecular weight excluding hydrogens is 231 g/mol. The van der Waals surface area contributed by atoms with Gasteiger partial charge >= 0.3 is 35.5 Å². The molecule has 0 saturated carbocycles. The van der Waals surface area contributed by atoms with E-state index in [2.05, 4.69) is 0 Å². The average Bonchev–Trinajstić information content (AvgIpc) is 2.28. The maximum absolute atomic E-state index is 10.2. The molecule has 0 fully saturated rings. The summed E-state index contributed by atoms with van der Waals surface area (Å²) in [7, 11) is 0. The van der Waals surface area contributed by atoms with Crippen molar-refractivity contribution in [3.05, 3.63) is 35.9 Å². The largest absolute Gasteiger partial charge is 1.00 e. The van der Waals surface area contributed by atoms with Crippen molar-refractivity contribution in [1.82, 2.24) is 0 Å². The second-order valence-electron chi connectivity index (χ2n) is 3.10. The maximum atomic E-state index is 10.2. The van der Waals surface area contributed by atoms with Crippen LogP contribution in [0.5, 0.6) is 0 Å². The van der Waals surface area contributed by atoms with Gasteiger partial charge in [-0.1, -0.05) is 37.3 Å². The molecule has 1 rings (SSSR count). The molecule has 0 spiro atoms. The van der Waals surface area contributed by atoms with Crippen LogP contribution in [-0.2, 0) is 16.0 Å². The average molecular weight is 246 g/mol. The first-order chi connectivity index (χ1) is 7.56. The predicted octanol–water partition coefficient (Wildman–Crippen LogP) is -2.15. The predicted molar refractivity (Wildman–Crippen MR) is 57.7 cm³/mol. The molecule has 0 amide bonds. The fraction of sp³-hybridized carbons (Fsp3) is 0.333. The smallest absolute Gasteiger partial charge is 0.550 e. The summed E-state index contributed by atoms with van der Waals surface area (Å²) in [5.41, 5.74) is 1.08. The Morgan fingerprint density at radius 3 is 2.06 bits per heavy atom. The fourth-order valence-corrected chi connectivity index (χ4v) is 0.896. The topological polar surface area (TPSA) is 77.4 Å². The van der Waals surface area contributed by atoms with Gasteiger partial charge in [0.25, 0.3) is 0 Å². The molecule has 0 aromatic heterocycles. The van der Waals surface area contributed by atoms with E-state index >= 15 is 0 Å². The second-order valence-corrected chi connectivity index (χ2v) is 3.10. The van der Waals surface area contributed by atoms with Gasteiger partial charge in [0.2, 0.25) is 0 Å². The van der Waals surface area contributed by atoms with Crippen molar-refractivity contribution in [3.63, 3.8) is 0 Å². The van der Waals surface area contributed by atoms with E-state index in [1.54, 1.807) is 0 Å². The fourth-order valence-electron chi connectivity index (χ4n) is 0.896. The molecule has 0 atom stereocenters. The number of carboxylic acids is 2. The number of carbonyl (C=O) groups excluding carboxylic acids is 1. The molecule has 0 saturated heterocycles. The Bertz CT molecular complexity index is 325. The van der Waals surface area contributed by atoms with Crippen LogP contribution in [0.1, 0.15) is 25.3 Å². The molecule has 0 aliphatic carbocycles. The van der Waals surface area contributed by atoms with Crippen molar-refractivity contribution in [2.75, 3.05) is 0 Å². The number of hydrogen-bond acceptors (Lipinski definition) is 3. The summed E-state index contributed by atoms with van der Waals surface area (Å²) < 4.78 is 0. The van der Waals surface area contributed by atoms with E-state index in [9.17, 15) is 14.7 Å². The SMILES string of the molecule is CCC(=O)[O-].O=C(O)CCc1ccccc1.[Na+]. The minimum Gasteiger partial charge on any atom is -0.550 e. The number of carboxylic acid groups (broad SMARTS) is 2. The Kier molecular flexibility index (Phi) is 12.7. The number of benzene rings is 1. The molecule has 0 aliphatic rings. The van der Waals surface area contributed by atoms with Crippen LogP contribution in [0.25, 0.3) is 0 Å². The molecule has 0 aliphatic heterocycles. The van der Waals surface area contributed by atoms with Crippen LogP contribution in [0.2, 0.25) is 0 Å². The Morgan fingerprint density at radius 2 is 1.71 bits per heavy atom. The molecule has 17 heavy (non-hydrogen) atoms. The summed E-state index contributed by atoms with van der Waals surface area (Å²) in [6.07, 6.45) is 0.945. The zero-order valence-corrected chi connectivity index (χ0v) is 12.2. The Morgan fingerprint density at radius 1 is 1.24 bits per heavy atom. The molecular formula is C12H15NaO4.